The highest BCUT2D eigenvalue weighted by Crippen LogP contribution is 2.33. The molecule has 0 saturated carbocycles. The first kappa shape index (κ1) is 27.6. The van der Waals surface area contributed by atoms with E-state index < -0.39 is 0 Å². The third-order valence-electron chi connectivity index (χ3n) is 8.58. The largest absolute Gasteiger partial charge is 0.255 e. The molecule has 0 spiro atoms. The number of rotatable bonds is 5. The topological polar surface area (TPSA) is 77.3 Å². The second kappa shape index (κ2) is 11.6. The normalized spacial score (nSPS) is 11.3. The smallest absolute Gasteiger partial charge is 0.117 e. The highest BCUT2D eigenvalue weighted by atomic mass is 14.9. The number of benzene rings is 4. The van der Waals surface area contributed by atoms with Gasteiger partial charge in [-0.1, -0.05) is 97.1 Å². The van der Waals surface area contributed by atoms with Gasteiger partial charge in [0.2, 0.25) is 0 Å². The van der Waals surface area contributed by atoms with Crippen LogP contribution < -0.4 is 0 Å². The van der Waals surface area contributed by atoms with Crippen LogP contribution in [0.4, 0.5) is 0 Å². The fourth-order valence-corrected chi connectivity index (χ4v) is 6.13. The Balaban J connectivity index is 1.09. The van der Waals surface area contributed by atoms with Crippen molar-refractivity contribution in [3.8, 4) is 56.4 Å². The van der Waals surface area contributed by atoms with Crippen LogP contribution in [0.5, 0.6) is 0 Å². The molecule has 0 aliphatic carbocycles. The minimum atomic E-state index is 0.703. The number of aromatic nitrogens is 6. The standard InChI is InChI=1S/C42H26N6/c1-2-8-28(9-3-1)33-21-18-30-16-17-31-19-22-34(46-40(31)39(30)45-33)29-14-12-27(13-15-29)32-20-23-35-38(26-32)48-42(37-11-5-7-25-44-37)41(47-35)36-10-4-6-24-43-36/h1-26H. The second-order valence-electron chi connectivity index (χ2n) is 11.6. The summed E-state index contributed by atoms with van der Waals surface area (Å²) in [6.07, 6.45) is 3.54. The molecule has 0 fully saturated rings. The molecule has 5 heterocycles. The van der Waals surface area contributed by atoms with Crippen LogP contribution in [0.25, 0.3) is 89.3 Å². The van der Waals surface area contributed by atoms with E-state index in [4.69, 9.17) is 19.9 Å². The summed E-state index contributed by atoms with van der Waals surface area (Å²) in [7, 11) is 0. The molecule has 6 heteroatoms. The van der Waals surface area contributed by atoms with Gasteiger partial charge in [-0.3, -0.25) is 9.97 Å². The first-order valence-corrected chi connectivity index (χ1v) is 15.8. The maximum absolute atomic E-state index is 5.13. The van der Waals surface area contributed by atoms with Gasteiger partial charge in [-0.15, -0.1) is 0 Å². The molecule has 0 atom stereocenters. The van der Waals surface area contributed by atoms with Gasteiger partial charge >= 0.3 is 0 Å². The van der Waals surface area contributed by atoms with Gasteiger partial charge in [0.05, 0.1) is 44.8 Å². The summed E-state index contributed by atoms with van der Waals surface area (Å²) >= 11 is 0. The predicted octanol–water partition coefficient (Wildman–Crippen LogP) is 9.85. The van der Waals surface area contributed by atoms with Crippen molar-refractivity contribution >= 4 is 32.8 Å². The first-order valence-electron chi connectivity index (χ1n) is 15.8. The van der Waals surface area contributed by atoms with Gasteiger partial charge in [-0.2, -0.15) is 0 Å². The molecule has 6 nitrogen and oxygen atoms in total. The van der Waals surface area contributed by atoms with Crippen molar-refractivity contribution in [2.45, 2.75) is 0 Å². The third-order valence-corrected chi connectivity index (χ3v) is 8.58. The Bertz CT molecular complexity index is 2590. The average molecular weight is 615 g/mol. The zero-order valence-corrected chi connectivity index (χ0v) is 25.7. The average Bonchev–Trinajstić information content (AvgIpc) is 3.18. The summed E-state index contributed by atoms with van der Waals surface area (Å²) in [5, 5.41) is 2.13. The highest BCUT2D eigenvalue weighted by Gasteiger charge is 2.16. The Kier molecular flexibility index (Phi) is 6.68. The summed E-state index contributed by atoms with van der Waals surface area (Å²) in [5.41, 5.74) is 12.4. The number of hydrogen-bond donors (Lipinski definition) is 0. The van der Waals surface area contributed by atoms with E-state index in [1.165, 1.54) is 0 Å². The molecular weight excluding hydrogens is 589 g/mol. The molecule has 224 valence electrons. The van der Waals surface area contributed by atoms with Crippen molar-refractivity contribution in [3.63, 3.8) is 0 Å². The Morgan fingerprint density at radius 2 is 0.812 bits per heavy atom. The van der Waals surface area contributed by atoms with Gasteiger partial charge in [-0.05, 0) is 59.7 Å². The van der Waals surface area contributed by atoms with E-state index in [0.717, 1.165) is 77.9 Å². The van der Waals surface area contributed by atoms with E-state index in [0.29, 0.717) is 11.4 Å². The highest BCUT2D eigenvalue weighted by molar-refractivity contribution is 6.04. The molecule has 48 heavy (non-hydrogen) atoms. The van der Waals surface area contributed by atoms with Gasteiger partial charge in [0.25, 0.3) is 0 Å². The number of hydrogen-bond acceptors (Lipinski definition) is 6. The predicted molar refractivity (Wildman–Crippen MR) is 193 cm³/mol. The molecule has 9 rings (SSSR count). The van der Waals surface area contributed by atoms with E-state index in [1.807, 2.05) is 60.7 Å². The molecule has 0 amide bonds. The van der Waals surface area contributed by atoms with E-state index in [9.17, 15) is 0 Å². The monoisotopic (exact) mass is 614 g/mol. The number of fused-ring (bicyclic) bond motifs is 4. The summed E-state index contributed by atoms with van der Waals surface area (Å²) in [5.74, 6) is 0. The Labute approximate surface area is 276 Å². The van der Waals surface area contributed by atoms with E-state index in [-0.39, 0.29) is 0 Å². The summed E-state index contributed by atoms with van der Waals surface area (Å²) in [6, 6.07) is 49.2. The second-order valence-corrected chi connectivity index (χ2v) is 11.6. The minimum Gasteiger partial charge on any atom is -0.255 e. The molecule has 0 aliphatic rings. The maximum Gasteiger partial charge on any atom is 0.117 e. The minimum absolute atomic E-state index is 0.703. The van der Waals surface area contributed by atoms with Crippen molar-refractivity contribution in [1.82, 2.24) is 29.9 Å². The third kappa shape index (κ3) is 5.02. The molecule has 4 aromatic carbocycles. The van der Waals surface area contributed by atoms with Crippen LogP contribution in [0.2, 0.25) is 0 Å². The fraction of sp³-hybridized carbons (Fsp3) is 0. The van der Waals surface area contributed by atoms with Gasteiger partial charge in [0, 0.05) is 34.3 Å². The van der Waals surface area contributed by atoms with Crippen LogP contribution in [-0.4, -0.2) is 29.9 Å². The van der Waals surface area contributed by atoms with Crippen molar-refractivity contribution in [2.24, 2.45) is 0 Å². The van der Waals surface area contributed by atoms with Gasteiger partial charge in [-0.25, -0.2) is 19.9 Å². The molecule has 0 unspecified atom stereocenters. The lowest BCUT2D eigenvalue weighted by Crippen LogP contribution is -1.98. The summed E-state index contributed by atoms with van der Waals surface area (Å²) in [4.78, 5) is 29.4. The lowest BCUT2D eigenvalue weighted by Gasteiger charge is -2.11. The molecule has 5 aromatic heterocycles. The zero-order chi connectivity index (χ0) is 31.9. The molecule has 9 aromatic rings. The lowest BCUT2D eigenvalue weighted by atomic mass is 10.0. The molecule has 0 N–H and O–H groups in total. The van der Waals surface area contributed by atoms with E-state index in [1.54, 1.807) is 12.4 Å². The van der Waals surface area contributed by atoms with Crippen LogP contribution in [0.1, 0.15) is 0 Å². The van der Waals surface area contributed by atoms with E-state index in [2.05, 4.69) is 94.9 Å². The van der Waals surface area contributed by atoms with Crippen LogP contribution >= 0.6 is 0 Å². The van der Waals surface area contributed by atoms with Crippen LogP contribution in [0.15, 0.2) is 158 Å². The fourth-order valence-electron chi connectivity index (χ4n) is 6.13. The quantitative estimate of drug-likeness (QED) is 0.180. The Morgan fingerprint density at radius 3 is 1.40 bits per heavy atom. The van der Waals surface area contributed by atoms with Crippen molar-refractivity contribution in [1.29, 1.82) is 0 Å². The van der Waals surface area contributed by atoms with Crippen molar-refractivity contribution in [3.05, 3.63) is 158 Å². The van der Waals surface area contributed by atoms with Crippen molar-refractivity contribution in [2.75, 3.05) is 0 Å². The maximum atomic E-state index is 5.13. The van der Waals surface area contributed by atoms with Crippen LogP contribution in [0, 0.1) is 0 Å². The van der Waals surface area contributed by atoms with Gasteiger partial charge < -0.3 is 0 Å². The molecule has 0 bridgehead atoms. The number of nitrogens with zero attached hydrogens (tertiary/aromatic N) is 6. The molecule has 0 aliphatic heterocycles. The first-order chi connectivity index (χ1) is 23.8. The lowest BCUT2D eigenvalue weighted by molar-refractivity contribution is 1.21. The van der Waals surface area contributed by atoms with Crippen LogP contribution in [-0.2, 0) is 0 Å². The zero-order valence-electron chi connectivity index (χ0n) is 25.7. The SMILES string of the molecule is c1ccc(-c2ccc3ccc4ccc(-c5ccc(-c6ccc7nc(-c8ccccn8)c(-c8ccccn8)nc7c6)cc5)nc4c3n2)cc1. The number of pyridine rings is 4. The molecule has 0 saturated heterocycles. The molecular formula is C42H26N6. The van der Waals surface area contributed by atoms with Gasteiger partial charge in [0.1, 0.15) is 11.4 Å². The van der Waals surface area contributed by atoms with Crippen molar-refractivity contribution < 1.29 is 0 Å². The summed E-state index contributed by atoms with van der Waals surface area (Å²) < 4.78 is 0. The Hall–Kier alpha value is -6.66. The Morgan fingerprint density at radius 1 is 0.312 bits per heavy atom. The molecule has 0 radical (unpaired) electrons. The van der Waals surface area contributed by atoms with Gasteiger partial charge in [0.15, 0.2) is 0 Å². The van der Waals surface area contributed by atoms with E-state index >= 15 is 0 Å². The van der Waals surface area contributed by atoms with Crippen LogP contribution in [0.3, 0.4) is 0 Å². The summed E-state index contributed by atoms with van der Waals surface area (Å²) in [6.45, 7) is 0.